The van der Waals surface area contributed by atoms with Crippen molar-refractivity contribution in [2.45, 2.75) is 4.90 Å². The van der Waals surface area contributed by atoms with Crippen molar-refractivity contribution in [3.05, 3.63) is 30.3 Å². The van der Waals surface area contributed by atoms with Crippen molar-refractivity contribution in [3.8, 4) is 11.5 Å². The molecule has 2 rings (SSSR count). The molecule has 0 aliphatic carbocycles. The summed E-state index contributed by atoms with van der Waals surface area (Å²) in [6, 6.07) is 7.71. The summed E-state index contributed by atoms with van der Waals surface area (Å²) in [6.45, 7) is 0. The monoisotopic (exact) mass is 268 g/mol. The third-order valence-electron chi connectivity index (χ3n) is 2.61. The predicted octanol–water partition coefficient (Wildman–Crippen LogP) is 2.10. The molecule has 0 aliphatic heterocycles. The normalized spacial score (nSPS) is 11.5. The van der Waals surface area contributed by atoms with E-state index in [9.17, 15) is 8.42 Å². The topological polar surface area (TPSA) is 72.8 Å². The second-order valence-electron chi connectivity index (χ2n) is 3.69. The van der Waals surface area contributed by atoms with Gasteiger partial charge in [0.2, 0.25) is 0 Å². The molecule has 0 unspecified atom stereocenters. The molecule has 0 aromatic heterocycles. The summed E-state index contributed by atoms with van der Waals surface area (Å²) in [7, 11) is -1.18. The highest BCUT2D eigenvalue weighted by Crippen LogP contribution is 2.32. The maximum Gasteiger partial charge on any atom is 0.294 e. The SMILES string of the molecule is COc1cc2ccc(S(=O)(=O)O)cc2cc1OC. The summed E-state index contributed by atoms with van der Waals surface area (Å²) >= 11 is 0. The minimum absolute atomic E-state index is 0.151. The maximum atomic E-state index is 11.1. The second-order valence-corrected chi connectivity index (χ2v) is 5.11. The molecule has 0 aliphatic rings. The fourth-order valence-corrected chi connectivity index (χ4v) is 2.23. The van der Waals surface area contributed by atoms with E-state index in [0.29, 0.717) is 16.9 Å². The van der Waals surface area contributed by atoms with Gasteiger partial charge in [-0.15, -0.1) is 0 Å². The fraction of sp³-hybridized carbons (Fsp3) is 0.167. The van der Waals surface area contributed by atoms with Crippen LogP contribution in [0.3, 0.4) is 0 Å². The molecule has 1 N–H and O–H groups in total. The van der Waals surface area contributed by atoms with Crippen LogP contribution >= 0.6 is 0 Å². The largest absolute Gasteiger partial charge is 0.493 e. The van der Waals surface area contributed by atoms with Gasteiger partial charge in [0, 0.05) is 0 Å². The van der Waals surface area contributed by atoms with E-state index >= 15 is 0 Å². The number of fused-ring (bicyclic) bond motifs is 1. The van der Waals surface area contributed by atoms with E-state index in [1.54, 1.807) is 18.2 Å². The van der Waals surface area contributed by atoms with Crippen LogP contribution in [0.25, 0.3) is 10.8 Å². The Balaban J connectivity index is 2.71. The summed E-state index contributed by atoms with van der Waals surface area (Å²) in [4.78, 5) is -0.151. The van der Waals surface area contributed by atoms with E-state index in [0.717, 1.165) is 5.39 Å². The lowest BCUT2D eigenvalue weighted by molar-refractivity contribution is 0.356. The Kier molecular flexibility index (Phi) is 3.14. The fourth-order valence-electron chi connectivity index (χ4n) is 1.71. The van der Waals surface area contributed by atoms with Crippen LogP contribution < -0.4 is 9.47 Å². The smallest absolute Gasteiger partial charge is 0.294 e. The lowest BCUT2D eigenvalue weighted by atomic mass is 10.1. The molecule has 0 heterocycles. The standard InChI is InChI=1S/C12H12O5S/c1-16-11-6-8-3-4-10(18(13,14)15)5-9(8)7-12(11)17-2/h3-7H,1-2H3,(H,13,14,15). The van der Waals surface area contributed by atoms with Crippen molar-refractivity contribution in [1.82, 2.24) is 0 Å². The first-order valence-corrected chi connectivity index (χ1v) is 6.53. The Morgan fingerprint density at radius 1 is 0.944 bits per heavy atom. The quantitative estimate of drug-likeness (QED) is 0.863. The molecule has 18 heavy (non-hydrogen) atoms. The zero-order valence-electron chi connectivity index (χ0n) is 9.88. The number of rotatable bonds is 3. The average molecular weight is 268 g/mol. The van der Waals surface area contributed by atoms with Crippen molar-refractivity contribution in [3.63, 3.8) is 0 Å². The lowest BCUT2D eigenvalue weighted by Gasteiger charge is -2.09. The molecule has 0 atom stereocenters. The molecule has 0 saturated carbocycles. The Bertz CT molecular complexity index is 691. The first-order chi connectivity index (χ1) is 8.45. The Labute approximate surface area is 105 Å². The van der Waals surface area contributed by atoms with Crippen LogP contribution in [0.4, 0.5) is 0 Å². The number of benzene rings is 2. The molecule has 5 nitrogen and oxygen atoms in total. The highest BCUT2D eigenvalue weighted by Gasteiger charge is 2.12. The zero-order chi connectivity index (χ0) is 13.3. The third kappa shape index (κ3) is 2.25. The van der Waals surface area contributed by atoms with Crippen molar-refractivity contribution >= 4 is 20.9 Å². The van der Waals surface area contributed by atoms with Gasteiger partial charge in [0.05, 0.1) is 19.1 Å². The van der Waals surface area contributed by atoms with Gasteiger partial charge in [-0.1, -0.05) is 6.07 Å². The van der Waals surface area contributed by atoms with Gasteiger partial charge in [-0.2, -0.15) is 8.42 Å². The van der Waals surface area contributed by atoms with Gasteiger partial charge in [-0.05, 0) is 35.0 Å². The van der Waals surface area contributed by atoms with E-state index < -0.39 is 10.1 Å². The molecule has 2 aromatic carbocycles. The van der Waals surface area contributed by atoms with Crippen LogP contribution in [0.5, 0.6) is 11.5 Å². The zero-order valence-corrected chi connectivity index (χ0v) is 10.7. The van der Waals surface area contributed by atoms with Gasteiger partial charge in [0.25, 0.3) is 10.1 Å². The molecule has 0 spiro atoms. The summed E-state index contributed by atoms with van der Waals surface area (Å²) in [5.41, 5.74) is 0. The van der Waals surface area contributed by atoms with Crippen molar-refractivity contribution in [1.29, 1.82) is 0 Å². The average Bonchev–Trinajstić information content (AvgIpc) is 2.35. The van der Waals surface area contributed by atoms with Crippen LogP contribution in [0, 0.1) is 0 Å². The summed E-state index contributed by atoms with van der Waals surface area (Å²) in [5.74, 6) is 1.06. The summed E-state index contributed by atoms with van der Waals surface area (Å²) in [5, 5.41) is 1.43. The van der Waals surface area contributed by atoms with Crippen molar-refractivity contribution < 1.29 is 22.4 Å². The van der Waals surface area contributed by atoms with E-state index in [1.165, 1.54) is 26.4 Å². The summed E-state index contributed by atoms with van der Waals surface area (Å²) < 4.78 is 41.4. The molecule has 96 valence electrons. The minimum atomic E-state index is -4.20. The Morgan fingerprint density at radius 2 is 1.50 bits per heavy atom. The molecule has 0 saturated heterocycles. The number of methoxy groups -OCH3 is 2. The molecule has 0 fully saturated rings. The number of hydrogen-bond donors (Lipinski definition) is 1. The Hall–Kier alpha value is -1.79. The molecular weight excluding hydrogens is 256 g/mol. The van der Waals surface area contributed by atoms with E-state index in [-0.39, 0.29) is 4.90 Å². The summed E-state index contributed by atoms with van der Waals surface area (Å²) in [6.07, 6.45) is 0. The number of ether oxygens (including phenoxy) is 2. The second kappa shape index (κ2) is 4.47. The van der Waals surface area contributed by atoms with Crippen LogP contribution in [-0.2, 0) is 10.1 Å². The molecule has 0 amide bonds. The molecule has 0 bridgehead atoms. The van der Waals surface area contributed by atoms with Gasteiger partial charge in [0.15, 0.2) is 11.5 Å². The van der Waals surface area contributed by atoms with Crippen LogP contribution in [0.2, 0.25) is 0 Å². The maximum absolute atomic E-state index is 11.1. The highest BCUT2D eigenvalue weighted by atomic mass is 32.2. The van der Waals surface area contributed by atoms with Crippen LogP contribution in [-0.4, -0.2) is 27.2 Å². The van der Waals surface area contributed by atoms with E-state index in [4.69, 9.17) is 14.0 Å². The van der Waals surface area contributed by atoms with Gasteiger partial charge in [-0.25, -0.2) is 0 Å². The molecular formula is C12H12O5S. The highest BCUT2D eigenvalue weighted by molar-refractivity contribution is 7.85. The first-order valence-electron chi connectivity index (χ1n) is 5.09. The van der Waals surface area contributed by atoms with Gasteiger partial charge in [0.1, 0.15) is 0 Å². The van der Waals surface area contributed by atoms with Crippen LogP contribution in [0.15, 0.2) is 35.2 Å². The third-order valence-corrected chi connectivity index (χ3v) is 3.46. The van der Waals surface area contributed by atoms with Crippen molar-refractivity contribution in [2.24, 2.45) is 0 Å². The minimum Gasteiger partial charge on any atom is -0.493 e. The van der Waals surface area contributed by atoms with Crippen molar-refractivity contribution in [2.75, 3.05) is 14.2 Å². The molecule has 2 aromatic rings. The number of hydrogen-bond acceptors (Lipinski definition) is 4. The van der Waals surface area contributed by atoms with Gasteiger partial charge >= 0.3 is 0 Å². The van der Waals surface area contributed by atoms with Gasteiger partial charge in [-0.3, -0.25) is 4.55 Å². The van der Waals surface area contributed by atoms with Gasteiger partial charge < -0.3 is 9.47 Å². The van der Waals surface area contributed by atoms with E-state index in [2.05, 4.69) is 0 Å². The molecule has 0 radical (unpaired) electrons. The first kappa shape index (κ1) is 12.7. The predicted molar refractivity (Wildman–Crippen MR) is 66.9 cm³/mol. The van der Waals surface area contributed by atoms with Crippen LogP contribution in [0.1, 0.15) is 0 Å². The lowest BCUT2D eigenvalue weighted by Crippen LogP contribution is -1.97. The van der Waals surface area contributed by atoms with E-state index in [1.807, 2.05) is 0 Å². The molecule has 6 heteroatoms. The Morgan fingerprint density at radius 3 is 2.00 bits per heavy atom.